The van der Waals surface area contributed by atoms with Gasteiger partial charge in [-0.15, -0.1) is 0 Å². The number of nitrogens with one attached hydrogen (secondary N) is 1. The first kappa shape index (κ1) is 10.9. The van der Waals surface area contributed by atoms with Gasteiger partial charge in [0.25, 0.3) is 0 Å². The van der Waals surface area contributed by atoms with Crippen molar-refractivity contribution >= 4 is 17.3 Å². The lowest BCUT2D eigenvalue weighted by atomic mass is 10.2. The third kappa shape index (κ3) is 2.70. The summed E-state index contributed by atoms with van der Waals surface area (Å²) in [7, 11) is 0. The van der Waals surface area contributed by atoms with Crippen LogP contribution < -0.4 is 5.32 Å². The van der Waals surface area contributed by atoms with Crippen LogP contribution in [-0.4, -0.2) is 9.97 Å². The second-order valence-corrected chi connectivity index (χ2v) is 3.94. The van der Waals surface area contributed by atoms with Crippen LogP contribution in [0.4, 0.5) is 5.69 Å². The Hall–Kier alpha value is -1.61. The van der Waals surface area contributed by atoms with E-state index in [1.807, 2.05) is 25.1 Å². The van der Waals surface area contributed by atoms with Gasteiger partial charge >= 0.3 is 0 Å². The summed E-state index contributed by atoms with van der Waals surface area (Å²) >= 11 is 6.06. The SMILES string of the molecule is Cc1ccc(Cl)c(NCc2cnccn2)c1. The summed E-state index contributed by atoms with van der Waals surface area (Å²) in [5, 5.41) is 3.95. The number of hydrogen-bond acceptors (Lipinski definition) is 3. The van der Waals surface area contributed by atoms with E-state index in [0.717, 1.165) is 16.4 Å². The molecule has 0 aliphatic heterocycles. The van der Waals surface area contributed by atoms with E-state index in [1.54, 1.807) is 18.6 Å². The van der Waals surface area contributed by atoms with Gasteiger partial charge in [-0.2, -0.15) is 0 Å². The first-order chi connectivity index (χ1) is 7.75. The van der Waals surface area contributed by atoms with Crippen LogP contribution in [-0.2, 0) is 6.54 Å². The average Bonchev–Trinajstić information content (AvgIpc) is 2.32. The quantitative estimate of drug-likeness (QED) is 0.886. The zero-order chi connectivity index (χ0) is 11.4. The molecule has 0 spiro atoms. The largest absolute Gasteiger partial charge is 0.378 e. The van der Waals surface area contributed by atoms with Crippen molar-refractivity contribution in [3.8, 4) is 0 Å². The van der Waals surface area contributed by atoms with Crippen LogP contribution in [0.5, 0.6) is 0 Å². The van der Waals surface area contributed by atoms with Crippen molar-refractivity contribution in [2.24, 2.45) is 0 Å². The summed E-state index contributed by atoms with van der Waals surface area (Å²) in [6.07, 6.45) is 5.06. The highest BCUT2D eigenvalue weighted by molar-refractivity contribution is 6.33. The highest BCUT2D eigenvalue weighted by atomic mass is 35.5. The Morgan fingerprint density at radius 2 is 2.19 bits per heavy atom. The van der Waals surface area contributed by atoms with Gasteiger partial charge in [0, 0.05) is 12.4 Å². The normalized spacial score (nSPS) is 10.1. The summed E-state index contributed by atoms with van der Waals surface area (Å²) in [6.45, 7) is 2.65. The topological polar surface area (TPSA) is 37.8 Å². The van der Waals surface area contributed by atoms with Gasteiger partial charge < -0.3 is 5.32 Å². The van der Waals surface area contributed by atoms with Crippen LogP contribution in [0.1, 0.15) is 11.3 Å². The predicted octanol–water partition coefficient (Wildman–Crippen LogP) is 3.05. The van der Waals surface area contributed by atoms with Crippen LogP contribution in [0, 0.1) is 6.92 Å². The van der Waals surface area contributed by atoms with Gasteiger partial charge in [0.2, 0.25) is 0 Å². The summed E-state index contributed by atoms with van der Waals surface area (Å²) < 4.78 is 0. The molecule has 1 aromatic carbocycles. The fourth-order valence-corrected chi connectivity index (χ4v) is 1.57. The minimum atomic E-state index is 0.622. The van der Waals surface area contributed by atoms with Gasteiger partial charge in [-0.25, -0.2) is 0 Å². The molecule has 0 atom stereocenters. The molecule has 0 saturated carbocycles. The fraction of sp³-hybridized carbons (Fsp3) is 0.167. The summed E-state index contributed by atoms with van der Waals surface area (Å²) in [6, 6.07) is 5.88. The lowest BCUT2D eigenvalue weighted by Crippen LogP contribution is -2.02. The van der Waals surface area contributed by atoms with Crippen molar-refractivity contribution < 1.29 is 0 Å². The van der Waals surface area contributed by atoms with E-state index in [-0.39, 0.29) is 0 Å². The van der Waals surface area contributed by atoms with Gasteiger partial charge in [0.1, 0.15) is 0 Å². The third-order valence-corrected chi connectivity index (χ3v) is 2.53. The van der Waals surface area contributed by atoms with E-state index in [0.29, 0.717) is 6.54 Å². The summed E-state index contributed by atoms with van der Waals surface area (Å²) in [5.74, 6) is 0. The van der Waals surface area contributed by atoms with Crippen LogP contribution >= 0.6 is 11.6 Å². The number of aryl methyl sites for hydroxylation is 1. The van der Waals surface area contributed by atoms with Gasteiger partial charge in [0.15, 0.2) is 0 Å². The van der Waals surface area contributed by atoms with Crippen molar-refractivity contribution in [1.29, 1.82) is 0 Å². The number of nitrogens with zero attached hydrogens (tertiary/aromatic N) is 2. The van der Waals surface area contributed by atoms with Crippen LogP contribution in [0.25, 0.3) is 0 Å². The molecule has 16 heavy (non-hydrogen) atoms. The summed E-state index contributed by atoms with van der Waals surface area (Å²) in [4.78, 5) is 8.18. The number of hydrogen-bond donors (Lipinski definition) is 1. The summed E-state index contributed by atoms with van der Waals surface area (Å²) in [5.41, 5.74) is 2.98. The molecule has 1 aromatic heterocycles. The molecular formula is C12H12ClN3. The van der Waals surface area contributed by atoms with Crippen LogP contribution in [0.3, 0.4) is 0 Å². The van der Waals surface area contributed by atoms with E-state index in [2.05, 4.69) is 15.3 Å². The van der Waals surface area contributed by atoms with E-state index in [9.17, 15) is 0 Å². The first-order valence-electron chi connectivity index (χ1n) is 5.00. The smallest absolute Gasteiger partial charge is 0.0777 e. The highest BCUT2D eigenvalue weighted by Crippen LogP contribution is 2.22. The van der Waals surface area contributed by atoms with E-state index in [4.69, 9.17) is 11.6 Å². The Balaban J connectivity index is 2.08. The Kier molecular flexibility index (Phi) is 3.37. The molecule has 2 aromatic rings. The molecule has 82 valence electrons. The standard InChI is InChI=1S/C12H12ClN3/c1-9-2-3-11(13)12(6-9)16-8-10-7-14-4-5-15-10/h2-7,16H,8H2,1H3. The zero-order valence-corrected chi connectivity index (χ0v) is 9.70. The molecule has 1 heterocycles. The van der Waals surface area contributed by atoms with Crippen molar-refractivity contribution in [3.05, 3.63) is 53.1 Å². The molecular weight excluding hydrogens is 222 g/mol. The van der Waals surface area contributed by atoms with Crippen molar-refractivity contribution in [1.82, 2.24) is 9.97 Å². The molecule has 0 unspecified atom stereocenters. The molecule has 0 saturated heterocycles. The minimum Gasteiger partial charge on any atom is -0.378 e. The molecule has 0 aliphatic carbocycles. The fourth-order valence-electron chi connectivity index (χ4n) is 1.38. The number of anilines is 1. The molecule has 0 amide bonds. The lowest BCUT2D eigenvalue weighted by molar-refractivity contribution is 1.01. The van der Waals surface area contributed by atoms with Gasteiger partial charge in [0.05, 0.1) is 29.1 Å². The van der Waals surface area contributed by atoms with E-state index in [1.165, 1.54) is 5.56 Å². The molecule has 1 N–H and O–H groups in total. The minimum absolute atomic E-state index is 0.622. The molecule has 2 rings (SSSR count). The van der Waals surface area contributed by atoms with Crippen molar-refractivity contribution in [2.45, 2.75) is 13.5 Å². The van der Waals surface area contributed by atoms with Crippen LogP contribution in [0.2, 0.25) is 5.02 Å². The first-order valence-corrected chi connectivity index (χ1v) is 5.38. The maximum absolute atomic E-state index is 6.06. The van der Waals surface area contributed by atoms with E-state index < -0.39 is 0 Å². The Labute approximate surface area is 99.5 Å². The number of benzene rings is 1. The molecule has 0 fully saturated rings. The number of aromatic nitrogens is 2. The van der Waals surface area contributed by atoms with Gasteiger partial charge in [-0.05, 0) is 24.6 Å². The van der Waals surface area contributed by atoms with Gasteiger partial charge in [-0.3, -0.25) is 9.97 Å². The predicted molar refractivity (Wildman–Crippen MR) is 65.5 cm³/mol. The monoisotopic (exact) mass is 233 g/mol. The second kappa shape index (κ2) is 4.94. The average molecular weight is 234 g/mol. The van der Waals surface area contributed by atoms with E-state index >= 15 is 0 Å². The Morgan fingerprint density at radius 1 is 1.31 bits per heavy atom. The zero-order valence-electron chi connectivity index (χ0n) is 8.94. The second-order valence-electron chi connectivity index (χ2n) is 3.53. The molecule has 4 heteroatoms. The van der Waals surface area contributed by atoms with Crippen molar-refractivity contribution in [2.75, 3.05) is 5.32 Å². The Morgan fingerprint density at radius 3 is 2.94 bits per heavy atom. The molecule has 0 radical (unpaired) electrons. The highest BCUT2D eigenvalue weighted by Gasteiger charge is 2.00. The number of rotatable bonds is 3. The third-order valence-electron chi connectivity index (χ3n) is 2.20. The van der Waals surface area contributed by atoms with Gasteiger partial charge in [-0.1, -0.05) is 17.7 Å². The van der Waals surface area contributed by atoms with Crippen LogP contribution in [0.15, 0.2) is 36.8 Å². The molecule has 0 bridgehead atoms. The Bertz CT molecular complexity index is 471. The van der Waals surface area contributed by atoms with Crippen molar-refractivity contribution in [3.63, 3.8) is 0 Å². The maximum atomic E-state index is 6.06. The lowest BCUT2D eigenvalue weighted by Gasteiger charge is -2.08. The maximum Gasteiger partial charge on any atom is 0.0777 e. The number of halogens is 1. The molecule has 0 aliphatic rings. The molecule has 3 nitrogen and oxygen atoms in total.